The van der Waals surface area contributed by atoms with E-state index in [0.29, 0.717) is 43.0 Å². The Kier molecular flexibility index (Phi) is 9.00. The maximum absolute atomic E-state index is 13.7. The van der Waals surface area contributed by atoms with Crippen molar-refractivity contribution in [3.8, 4) is 11.5 Å². The predicted octanol–water partition coefficient (Wildman–Crippen LogP) is 9.13. The molecule has 4 aromatic rings. The van der Waals surface area contributed by atoms with Gasteiger partial charge in [-0.15, -0.1) is 0 Å². The highest BCUT2D eigenvalue weighted by Gasteiger charge is 2.35. The second-order valence-corrected chi connectivity index (χ2v) is 11.6. The quantitative estimate of drug-likeness (QED) is 0.142. The number of amidine groups is 1. The van der Waals surface area contributed by atoms with Gasteiger partial charge in [0, 0.05) is 10.0 Å². The van der Waals surface area contributed by atoms with Crippen molar-refractivity contribution < 1.29 is 18.7 Å². The third-order valence-corrected chi connectivity index (χ3v) is 8.06. The van der Waals surface area contributed by atoms with E-state index in [1.54, 1.807) is 78.7 Å². The Morgan fingerprint density at radius 2 is 1.62 bits per heavy atom. The van der Waals surface area contributed by atoms with Crippen molar-refractivity contribution in [1.29, 1.82) is 0 Å². The molecule has 5 rings (SSSR count). The average Bonchev–Trinajstić information content (AvgIpc) is 3.24. The molecule has 1 heterocycles. The van der Waals surface area contributed by atoms with Crippen LogP contribution in [0.2, 0.25) is 10.0 Å². The lowest BCUT2D eigenvalue weighted by Crippen LogP contribution is -2.28. The number of halogens is 4. The van der Waals surface area contributed by atoms with Crippen molar-refractivity contribution in [2.45, 2.75) is 6.61 Å². The number of hydrogen-bond acceptors (Lipinski definition) is 5. The van der Waals surface area contributed by atoms with E-state index in [1.807, 2.05) is 12.1 Å². The number of methoxy groups -OCH3 is 1. The van der Waals surface area contributed by atoms with Gasteiger partial charge >= 0.3 is 0 Å². The Labute approximate surface area is 258 Å². The molecule has 0 N–H and O–H groups in total. The molecule has 1 fully saturated rings. The number of benzene rings is 4. The minimum absolute atomic E-state index is 0.217. The summed E-state index contributed by atoms with van der Waals surface area (Å²) >= 11 is 15.6. The van der Waals surface area contributed by atoms with E-state index in [-0.39, 0.29) is 18.3 Å². The predicted molar refractivity (Wildman–Crippen MR) is 169 cm³/mol. The molecule has 0 saturated carbocycles. The fourth-order valence-corrected chi connectivity index (χ4v) is 5.88. The molecule has 0 unspecified atom stereocenters. The maximum atomic E-state index is 13.7. The number of carbonyl (C=O) groups is 1. The summed E-state index contributed by atoms with van der Waals surface area (Å²) in [5, 5.41) is 1.67. The van der Waals surface area contributed by atoms with Crippen LogP contribution in [-0.4, -0.2) is 18.2 Å². The minimum atomic E-state index is -0.302. The lowest BCUT2D eigenvalue weighted by atomic mass is 10.1. The van der Waals surface area contributed by atoms with Crippen LogP contribution in [0.5, 0.6) is 11.5 Å². The van der Waals surface area contributed by atoms with Gasteiger partial charge in [0.1, 0.15) is 12.4 Å². The largest absolute Gasteiger partial charge is 0.493 e. The van der Waals surface area contributed by atoms with E-state index < -0.39 is 0 Å². The maximum Gasteiger partial charge on any atom is 0.271 e. The second kappa shape index (κ2) is 12.6. The Bertz CT molecular complexity index is 1610. The third kappa shape index (κ3) is 6.63. The molecule has 5 nitrogen and oxygen atoms in total. The van der Waals surface area contributed by atoms with Gasteiger partial charge in [-0.1, -0.05) is 35.3 Å². The topological polar surface area (TPSA) is 51.1 Å². The van der Waals surface area contributed by atoms with Crippen LogP contribution in [0.4, 0.5) is 15.8 Å². The molecule has 10 heteroatoms. The molecule has 0 radical (unpaired) electrons. The summed E-state index contributed by atoms with van der Waals surface area (Å²) in [6.45, 7) is 0.252. The highest BCUT2D eigenvalue weighted by molar-refractivity contribution is 14.1. The van der Waals surface area contributed by atoms with Crippen molar-refractivity contribution >= 4 is 86.1 Å². The number of ether oxygens (including phenoxy) is 2. The SMILES string of the molecule is COc1cc(/C=C2\SC(=Nc3ccc(Cl)cc3)N(c3ccc(Cl)cc3)C2=O)cc(I)c1OCc1ccc(F)cc1. The van der Waals surface area contributed by atoms with Gasteiger partial charge in [-0.25, -0.2) is 9.38 Å². The van der Waals surface area contributed by atoms with Gasteiger partial charge < -0.3 is 9.47 Å². The Morgan fingerprint density at radius 3 is 2.27 bits per heavy atom. The van der Waals surface area contributed by atoms with Crippen molar-refractivity contribution in [3.63, 3.8) is 0 Å². The van der Waals surface area contributed by atoms with Crippen molar-refractivity contribution in [1.82, 2.24) is 0 Å². The summed E-state index contributed by atoms with van der Waals surface area (Å²) in [6.07, 6.45) is 1.80. The van der Waals surface area contributed by atoms with Gasteiger partial charge in [0.05, 0.1) is 27.0 Å². The molecule has 0 atom stereocenters. The van der Waals surface area contributed by atoms with Crippen LogP contribution in [0, 0.1) is 9.39 Å². The van der Waals surface area contributed by atoms with Gasteiger partial charge in [-0.2, -0.15) is 0 Å². The van der Waals surface area contributed by atoms with E-state index in [9.17, 15) is 9.18 Å². The zero-order chi connectivity index (χ0) is 28.2. The van der Waals surface area contributed by atoms with Crippen molar-refractivity contribution in [2.75, 3.05) is 12.0 Å². The van der Waals surface area contributed by atoms with Crippen LogP contribution in [-0.2, 0) is 11.4 Å². The number of nitrogens with zero attached hydrogens (tertiary/aromatic N) is 2. The van der Waals surface area contributed by atoms with Crippen LogP contribution in [0.3, 0.4) is 0 Å². The molecule has 4 aromatic carbocycles. The molecular formula is C30H20Cl2FIN2O3S. The lowest BCUT2D eigenvalue weighted by Gasteiger charge is -2.16. The first-order chi connectivity index (χ1) is 19.3. The summed E-state index contributed by atoms with van der Waals surface area (Å²) < 4.78 is 25.7. The lowest BCUT2D eigenvalue weighted by molar-refractivity contribution is -0.113. The number of rotatable bonds is 7. The summed E-state index contributed by atoms with van der Waals surface area (Å²) in [5.74, 6) is 0.558. The third-order valence-electron chi connectivity index (χ3n) is 5.79. The smallest absolute Gasteiger partial charge is 0.271 e. The average molecular weight is 705 g/mol. The summed E-state index contributed by atoms with van der Waals surface area (Å²) in [7, 11) is 1.56. The number of amides is 1. The van der Waals surface area contributed by atoms with Crippen LogP contribution in [0.25, 0.3) is 6.08 Å². The molecule has 1 amide bonds. The first-order valence-electron chi connectivity index (χ1n) is 11.9. The van der Waals surface area contributed by atoms with Crippen LogP contribution in [0.15, 0.2) is 94.8 Å². The first-order valence-corrected chi connectivity index (χ1v) is 14.5. The van der Waals surface area contributed by atoms with Gasteiger partial charge in [0.25, 0.3) is 5.91 Å². The molecule has 1 aliphatic heterocycles. The molecule has 0 aliphatic carbocycles. The Hall–Kier alpha value is -3.05. The molecule has 202 valence electrons. The van der Waals surface area contributed by atoms with Crippen LogP contribution in [0.1, 0.15) is 11.1 Å². The van der Waals surface area contributed by atoms with Crippen molar-refractivity contribution in [3.05, 3.63) is 120 Å². The second-order valence-electron chi connectivity index (χ2n) is 8.55. The highest BCUT2D eigenvalue weighted by Crippen LogP contribution is 2.40. The summed E-state index contributed by atoms with van der Waals surface area (Å²) in [5.41, 5.74) is 2.90. The molecule has 1 aliphatic rings. The van der Waals surface area contributed by atoms with Crippen LogP contribution < -0.4 is 14.4 Å². The van der Waals surface area contributed by atoms with Gasteiger partial charge in [0.15, 0.2) is 16.7 Å². The number of carbonyl (C=O) groups excluding carboxylic acids is 1. The van der Waals surface area contributed by atoms with Crippen LogP contribution >= 0.6 is 57.6 Å². The van der Waals surface area contributed by atoms with E-state index in [4.69, 9.17) is 37.7 Å². The molecule has 40 heavy (non-hydrogen) atoms. The molecular weight excluding hydrogens is 685 g/mol. The van der Waals surface area contributed by atoms with E-state index >= 15 is 0 Å². The molecule has 0 spiro atoms. The van der Waals surface area contributed by atoms with Gasteiger partial charge in [-0.05, 0) is 124 Å². The number of anilines is 1. The summed E-state index contributed by atoms with van der Waals surface area (Å²) in [6, 6.07) is 23.9. The molecule has 0 bridgehead atoms. The molecule has 1 saturated heterocycles. The number of thioether (sulfide) groups is 1. The van der Waals surface area contributed by atoms with E-state index in [0.717, 1.165) is 14.7 Å². The Morgan fingerprint density at radius 1 is 0.975 bits per heavy atom. The fourth-order valence-electron chi connectivity index (χ4n) is 3.84. The zero-order valence-electron chi connectivity index (χ0n) is 20.9. The zero-order valence-corrected chi connectivity index (χ0v) is 25.4. The van der Waals surface area contributed by atoms with E-state index in [2.05, 4.69) is 22.6 Å². The monoisotopic (exact) mass is 704 g/mol. The molecule has 0 aromatic heterocycles. The van der Waals surface area contributed by atoms with Gasteiger partial charge in [-0.3, -0.25) is 9.69 Å². The normalized spacial score (nSPS) is 15.2. The minimum Gasteiger partial charge on any atom is -0.493 e. The number of hydrogen-bond donors (Lipinski definition) is 0. The number of aliphatic imine (C=N–C) groups is 1. The standard InChI is InChI=1S/C30H20Cl2FIN2O3S/c1-38-26-15-19(14-25(34)28(26)39-17-18-2-8-22(33)9-3-18)16-27-29(37)36(24-12-6-21(32)7-13-24)30(40-27)35-23-10-4-20(31)5-11-23/h2-16H,17H2,1H3/b27-16-,35-30?. The fraction of sp³-hybridized carbons (Fsp3) is 0.0667. The first kappa shape index (κ1) is 28.5. The highest BCUT2D eigenvalue weighted by atomic mass is 127. The Balaban J connectivity index is 1.46. The van der Waals surface area contributed by atoms with E-state index in [1.165, 1.54) is 23.9 Å². The summed E-state index contributed by atoms with van der Waals surface area (Å²) in [4.78, 5) is 20.4. The van der Waals surface area contributed by atoms with Crippen molar-refractivity contribution in [2.24, 2.45) is 4.99 Å². The van der Waals surface area contributed by atoms with Gasteiger partial charge in [0.2, 0.25) is 0 Å².